The van der Waals surface area contributed by atoms with Crippen LogP contribution >= 0.6 is 11.6 Å². The third-order valence-electron chi connectivity index (χ3n) is 3.01. The fourth-order valence-electron chi connectivity index (χ4n) is 2.08. The molecule has 1 unspecified atom stereocenters. The van der Waals surface area contributed by atoms with Crippen molar-refractivity contribution in [3.8, 4) is 5.75 Å². The first kappa shape index (κ1) is 13.9. The Kier molecular flexibility index (Phi) is 4.46. The topological polar surface area (TPSA) is 35.2 Å². The molecule has 0 radical (unpaired) electrons. The van der Waals surface area contributed by atoms with E-state index in [1.165, 1.54) is 0 Å². The zero-order valence-electron chi connectivity index (χ0n) is 11.2. The smallest absolute Gasteiger partial charge is 0.124 e. The van der Waals surface area contributed by atoms with Crippen LogP contribution in [0, 0.1) is 6.92 Å². The molecule has 0 spiro atoms. The second kappa shape index (κ2) is 6.09. The van der Waals surface area contributed by atoms with Crippen molar-refractivity contribution in [1.82, 2.24) is 0 Å². The lowest BCUT2D eigenvalue weighted by Crippen LogP contribution is -2.13. The molecule has 2 N–H and O–H groups in total. The van der Waals surface area contributed by atoms with Crippen LogP contribution in [0.25, 0.3) is 0 Å². The van der Waals surface area contributed by atoms with Crippen molar-refractivity contribution >= 4 is 11.6 Å². The first-order valence-corrected chi connectivity index (χ1v) is 6.74. The summed E-state index contributed by atoms with van der Waals surface area (Å²) in [5.74, 6) is 0.834. The number of hydrogen-bond donors (Lipinski definition) is 1. The van der Waals surface area contributed by atoms with Crippen LogP contribution in [0.3, 0.4) is 0 Å². The van der Waals surface area contributed by atoms with Gasteiger partial charge in [-0.1, -0.05) is 41.4 Å². The van der Waals surface area contributed by atoms with Crippen LogP contribution in [0.1, 0.15) is 29.7 Å². The molecule has 2 aromatic rings. The minimum Gasteiger partial charge on any atom is -0.494 e. The zero-order chi connectivity index (χ0) is 13.8. The van der Waals surface area contributed by atoms with Crippen LogP contribution in [0.2, 0.25) is 5.02 Å². The van der Waals surface area contributed by atoms with Gasteiger partial charge >= 0.3 is 0 Å². The van der Waals surface area contributed by atoms with Crippen molar-refractivity contribution in [1.29, 1.82) is 0 Å². The molecular weight excluding hydrogens is 258 g/mol. The summed E-state index contributed by atoms with van der Waals surface area (Å²) in [6, 6.07) is 13.5. The predicted octanol–water partition coefficient (Wildman–Crippen LogP) is 4.10. The minimum absolute atomic E-state index is 0.236. The average molecular weight is 276 g/mol. The lowest BCUT2D eigenvalue weighted by atomic mass is 9.97. The van der Waals surface area contributed by atoms with Gasteiger partial charge < -0.3 is 10.5 Å². The lowest BCUT2D eigenvalue weighted by molar-refractivity contribution is 0.335. The molecular formula is C16H18ClNO. The maximum Gasteiger partial charge on any atom is 0.124 e. The quantitative estimate of drug-likeness (QED) is 0.912. The monoisotopic (exact) mass is 275 g/mol. The van der Waals surface area contributed by atoms with Crippen molar-refractivity contribution < 1.29 is 4.74 Å². The van der Waals surface area contributed by atoms with Gasteiger partial charge in [0.05, 0.1) is 12.6 Å². The summed E-state index contributed by atoms with van der Waals surface area (Å²) in [5, 5.41) is 0.693. The Labute approximate surface area is 119 Å². The highest BCUT2D eigenvalue weighted by Crippen LogP contribution is 2.30. The molecule has 0 aliphatic carbocycles. The molecule has 100 valence electrons. The highest BCUT2D eigenvalue weighted by molar-refractivity contribution is 6.30. The Morgan fingerprint density at radius 1 is 1.21 bits per heavy atom. The molecule has 0 saturated carbocycles. The maximum absolute atomic E-state index is 6.35. The van der Waals surface area contributed by atoms with Gasteiger partial charge in [-0.15, -0.1) is 0 Å². The van der Waals surface area contributed by atoms with Crippen molar-refractivity contribution in [2.75, 3.05) is 6.61 Å². The SMILES string of the molecule is CCOc1ccc(C)cc1C(N)c1cccc(Cl)c1. The van der Waals surface area contributed by atoms with Gasteiger partial charge in [0.2, 0.25) is 0 Å². The molecule has 19 heavy (non-hydrogen) atoms. The van der Waals surface area contributed by atoms with Crippen LogP contribution in [-0.2, 0) is 0 Å². The van der Waals surface area contributed by atoms with E-state index in [0.717, 1.165) is 22.4 Å². The van der Waals surface area contributed by atoms with Gasteiger partial charge in [-0.3, -0.25) is 0 Å². The van der Waals surface area contributed by atoms with E-state index in [0.29, 0.717) is 11.6 Å². The maximum atomic E-state index is 6.35. The molecule has 0 aromatic heterocycles. The van der Waals surface area contributed by atoms with Gasteiger partial charge in [-0.2, -0.15) is 0 Å². The number of nitrogens with two attached hydrogens (primary N) is 1. The van der Waals surface area contributed by atoms with E-state index >= 15 is 0 Å². The van der Waals surface area contributed by atoms with Crippen LogP contribution in [0.4, 0.5) is 0 Å². The van der Waals surface area contributed by atoms with Gasteiger partial charge in [-0.25, -0.2) is 0 Å². The number of halogens is 1. The highest BCUT2D eigenvalue weighted by atomic mass is 35.5. The molecule has 0 fully saturated rings. The van der Waals surface area contributed by atoms with Crippen LogP contribution in [0.15, 0.2) is 42.5 Å². The van der Waals surface area contributed by atoms with Crippen LogP contribution in [0.5, 0.6) is 5.75 Å². The number of aryl methyl sites for hydroxylation is 1. The Hall–Kier alpha value is -1.51. The second-order valence-electron chi connectivity index (χ2n) is 4.51. The minimum atomic E-state index is -0.236. The fraction of sp³-hybridized carbons (Fsp3) is 0.250. The van der Waals surface area contributed by atoms with Gasteiger partial charge in [-0.05, 0) is 37.6 Å². The summed E-state index contributed by atoms with van der Waals surface area (Å²) in [6.07, 6.45) is 0. The summed E-state index contributed by atoms with van der Waals surface area (Å²) in [6.45, 7) is 4.64. The van der Waals surface area contributed by atoms with E-state index in [1.807, 2.05) is 50.2 Å². The predicted molar refractivity (Wildman–Crippen MR) is 79.8 cm³/mol. The van der Waals surface area contributed by atoms with E-state index in [-0.39, 0.29) is 6.04 Å². The Morgan fingerprint density at radius 3 is 2.68 bits per heavy atom. The van der Waals surface area contributed by atoms with Crippen molar-refractivity contribution in [2.24, 2.45) is 5.73 Å². The van der Waals surface area contributed by atoms with Crippen molar-refractivity contribution in [3.63, 3.8) is 0 Å². The van der Waals surface area contributed by atoms with Gasteiger partial charge in [0, 0.05) is 10.6 Å². The fourth-order valence-corrected chi connectivity index (χ4v) is 2.28. The summed E-state index contributed by atoms with van der Waals surface area (Å²) in [7, 11) is 0. The lowest BCUT2D eigenvalue weighted by Gasteiger charge is -2.18. The second-order valence-corrected chi connectivity index (χ2v) is 4.94. The molecule has 0 amide bonds. The van der Waals surface area contributed by atoms with E-state index in [1.54, 1.807) is 0 Å². The number of hydrogen-bond acceptors (Lipinski definition) is 2. The van der Waals surface area contributed by atoms with Crippen molar-refractivity contribution in [2.45, 2.75) is 19.9 Å². The van der Waals surface area contributed by atoms with E-state index in [9.17, 15) is 0 Å². The first-order valence-electron chi connectivity index (χ1n) is 6.36. The third kappa shape index (κ3) is 3.28. The number of rotatable bonds is 4. The zero-order valence-corrected chi connectivity index (χ0v) is 11.9. The Balaban J connectivity index is 2.42. The molecule has 3 heteroatoms. The van der Waals surface area contributed by atoms with Crippen LogP contribution < -0.4 is 10.5 Å². The summed E-state index contributed by atoms with van der Waals surface area (Å²) in [5.41, 5.74) is 9.48. The van der Waals surface area contributed by atoms with Gasteiger partial charge in [0.25, 0.3) is 0 Å². The van der Waals surface area contributed by atoms with E-state index in [2.05, 4.69) is 6.07 Å². The molecule has 0 saturated heterocycles. The molecule has 0 bridgehead atoms. The van der Waals surface area contributed by atoms with Gasteiger partial charge in [0.1, 0.15) is 5.75 Å². The van der Waals surface area contributed by atoms with Crippen molar-refractivity contribution in [3.05, 3.63) is 64.2 Å². The van der Waals surface area contributed by atoms with Gasteiger partial charge in [0.15, 0.2) is 0 Å². The molecule has 0 aliphatic heterocycles. The molecule has 0 aliphatic rings. The number of ether oxygens (including phenoxy) is 1. The Morgan fingerprint density at radius 2 is 2.00 bits per heavy atom. The van der Waals surface area contributed by atoms with Crippen LogP contribution in [-0.4, -0.2) is 6.61 Å². The van der Waals surface area contributed by atoms with E-state index < -0.39 is 0 Å². The molecule has 2 nitrogen and oxygen atoms in total. The van der Waals surface area contributed by atoms with E-state index in [4.69, 9.17) is 22.1 Å². The third-order valence-corrected chi connectivity index (χ3v) is 3.24. The molecule has 2 aromatic carbocycles. The summed E-state index contributed by atoms with van der Waals surface area (Å²) in [4.78, 5) is 0. The summed E-state index contributed by atoms with van der Waals surface area (Å²) >= 11 is 6.02. The normalized spacial score (nSPS) is 12.2. The highest BCUT2D eigenvalue weighted by Gasteiger charge is 2.14. The summed E-state index contributed by atoms with van der Waals surface area (Å²) < 4.78 is 5.65. The molecule has 0 heterocycles. The first-order chi connectivity index (χ1) is 9.11. The molecule has 1 atom stereocenters. The Bertz CT molecular complexity index is 568. The average Bonchev–Trinajstić information content (AvgIpc) is 2.40. The standard InChI is InChI=1S/C16H18ClNO/c1-3-19-15-8-7-11(2)9-14(15)16(18)12-5-4-6-13(17)10-12/h4-10,16H,3,18H2,1-2H3. The molecule has 2 rings (SSSR count). The largest absolute Gasteiger partial charge is 0.494 e. The number of benzene rings is 2.